The Kier molecular flexibility index (Phi) is 3.62. The number of nitro groups is 1. The monoisotopic (exact) mass is 243 g/mol. The van der Waals surface area contributed by atoms with E-state index in [-0.39, 0.29) is 17.0 Å². The number of ether oxygens (including phenoxy) is 1. The standard InChI is InChI=1S/C10H10FNO5/c1-5-3-9(17-6(2)10(13)14)7(11)4-8(5)12(15)16/h3-4,6H,1-2H3,(H,13,14)/t6-/m1/s1. The van der Waals surface area contributed by atoms with Crippen molar-refractivity contribution in [1.82, 2.24) is 0 Å². The molecule has 0 aliphatic heterocycles. The number of aliphatic carboxylic acids is 1. The minimum absolute atomic E-state index is 0.198. The number of benzene rings is 1. The fraction of sp³-hybridized carbons (Fsp3) is 0.300. The SMILES string of the molecule is Cc1cc(O[C@H](C)C(=O)O)c(F)cc1[N+](=O)[O-]. The van der Waals surface area contributed by atoms with Crippen LogP contribution in [0.2, 0.25) is 0 Å². The van der Waals surface area contributed by atoms with Crippen molar-refractivity contribution in [2.75, 3.05) is 0 Å². The molecule has 6 nitrogen and oxygen atoms in total. The molecular formula is C10H10FNO5. The minimum atomic E-state index is -1.25. The Bertz CT molecular complexity index is 474. The maximum absolute atomic E-state index is 13.4. The third kappa shape index (κ3) is 2.90. The summed E-state index contributed by atoms with van der Waals surface area (Å²) >= 11 is 0. The molecule has 0 aliphatic carbocycles. The van der Waals surface area contributed by atoms with Crippen molar-refractivity contribution in [1.29, 1.82) is 0 Å². The molecule has 0 spiro atoms. The summed E-state index contributed by atoms with van der Waals surface area (Å²) in [6.07, 6.45) is -1.23. The van der Waals surface area contributed by atoms with Crippen molar-refractivity contribution in [2.24, 2.45) is 0 Å². The number of rotatable bonds is 4. The van der Waals surface area contributed by atoms with Gasteiger partial charge in [-0.1, -0.05) is 0 Å². The molecule has 1 N–H and O–H groups in total. The van der Waals surface area contributed by atoms with Gasteiger partial charge in [-0.25, -0.2) is 9.18 Å². The van der Waals surface area contributed by atoms with Gasteiger partial charge >= 0.3 is 5.97 Å². The van der Waals surface area contributed by atoms with Crippen molar-refractivity contribution in [3.05, 3.63) is 33.6 Å². The molecule has 17 heavy (non-hydrogen) atoms. The Balaban J connectivity index is 3.08. The molecule has 1 rings (SSSR count). The number of halogens is 1. The zero-order chi connectivity index (χ0) is 13.2. The molecule has 0 fully saturated rings. The highest BCUT2D eigenvalue weighted by atomic mass is 19.1. The van der Waals surface area contributed by atoms with Gasteiger partial charge in [0.25, 0.3) is 5.69 Å². The third-order valence-corrected chi connectivity index (χ3v) is 2.10. The summed E-state index contributed by atoms with van der Waals surface area (Å²) in [4.78, 5) is 20.3. The molecule has 0 unspecified atom stereocenters. The minimum Gasteiger partial charge on any atom is -0.479 e. The third-order valence-electron chi connectivity index (χ3n) is 2.10. The van der Waals surface area contributed by atoms with E-state index in [2.05, 4.69) is 0 Å². The van der Waals surface area contributed by atoms with Crippen molar-refractivity contribution in [3.63, 3.8) is 0 Å². The molecule has 0 saturated carbocycles. The highest BCUT2D eigenvalue weighted by Crippen LogP contribution is 2.27. The van der Waals surface area contributed by atoms with Crippen LogP contribution in [0.25, 0.3) is 0 Å². The van der Waals surface area contributed by atoms with Crippen LogP contribution in [0, 0.1) is 22.9 Å². The summed E-state index contributed by atoms with van der Waals surface area (Å²) in [6, 6.07) is 1.81. The molecule has 0 amide bonds. The molecule has 0 radical (unpaired) electrons. The predicted octanol–water partition coefficient (Wildman–Crippen LogP) is 1.89. The van der Waals surface area contributed by atoms with Gasteiger partial charge in [0.1, 0.15) is 0 Å². The normalized spacial score (nSPS) is 11.9. The summed E-state index contributed by atoms with van der Waals surface area (Å²) < 4.78 is 18.2. The van der Waals surface area contributed by atoms with Crippen LogP contribution in [0.5, 0.6) is 5.75 Å². The molecular weight excluding hydrogens is 233 g/mol. The van der Waals surface area contributed by atoms with Gasteiger partial charge in [0, 0.05) is 5.56 Å². The average molecular weight is 243 g/mol. The van der Waals surface area contributed by atoms with E-state index < -0.39 is 22.8 Å². The predicted molar refractivity (Wildman–Crippen MR) is 55.5 cm³/mol. The summed E-state index contributed by atoms with van der Waals surface area (Å²) in [5, 5.41) is 19.1. The molecule has 0 bridgehead atoms. The number of nitro benzene ring substituents is 1. The zero-order valence-electron chi connectivity index (χ0n) is 9.14. The maximum Gasteiger partial charge on any atom is 0.344 e. The Morgan fingerprint density at radius 1 is 1.59 bits per heavy atom. The van der Waals surface area contributed by atoms with Crippen LogP contribution in [0.1, 0.15) is 12.5 Å². The first kappa shape index (κ1) is 12.9. The lowest BCUT2D eigenvalue weighted by atomic mass is 10.2. The topological polar surface area (TPSA) is 89.7 Å². The highest BCUT2D eigenvalue weighted by molar-refractivity contribution is 5.72. The molecule has 0 aromatic heterocycles. The van der Waals surface area contributed by atoms with Gasteiger partial charge in [-0.3, -0.25) is 10.1 Å². The lowest BCUT2D eigenvalue weighted by Gasteiger charge is -2.11. The second-order valence-electron chi connectivity index (χ2n) is 3.42. The summed E-state index contributed by atoms with van der Waals surface area (Å²) in [5.41, 5.74) is -0.179. The fourth-order valence-electron chi connectivity index (χ4n) is 1.17. The lowest BCUT2D eigenvalue weighted by molar-refractivity contribution is -0.385. The molecule has 0 saturated heterocycles. The van der Waals surface area contributed by atoms with E-state index in [9.17, 15) is 19.3 Å². The first-order valence-electron chi connectivity index (χ1n) is 4.67. The molecule has 7 heteroatoms. The number of carboxylic acid groups (broad SMARTS) is 1. The number of carbonyl (C=O) groups is 1. The van der Waals surface area contributed by atoms with E-state index in [4.69, 9.17) is 9.84 Å². The zero-order valence-corrected chi connectivity index (χ0v) is 9.14. The first-order valence-corrected chi connectivity index (χ1v) is 4.67. The van der Waals surface area contributed by atoms with Crippen LogP contribution < -0.4 is 4.74 Å². The van der Waals surface area contributed by atoms with Crippen LogP contribution in [-0.2, 0) is 4.79 Å². The number of hydrogen-bond acceptors (Lipinski definition) is 4. The van der Waals surface area contributed by atoms with Crippen molar-refractivity contribution in [2.45, 2.75) is 20.0 Å². The van der Waals surface area contributed by atoms with Gasteiger partial charge in [-0.15, -0.1) is 0 Å². The summed E-state index contributed by atoms with van der Waals surface area (Å²) in [7, 11) is 0. The van der Waals surface area contributed by atoms with Gasteiger partial charge < -0.3 is 9.84 Å². The molecule has 0 aliphatic rings. The molecule has 0 heterocycles. The van der Waals surface area contributed by atoms with Gasteiger partial charge in [0.15, 0.2) is 17.7 Å². The number of carboxylic acids is 1. The van der Waals surface area contributed by atoms with E-state index >= 15 is 0 Å². The van der Waals surface area contributed by atoms with E-state index in [1.165, 1.54) is 13.8 Å². The van der Waals surface area contributed by atoms with Crippen molar-refractivity contribution >= 4 is 11.7 Å². The first-order chi connectivity index (χ1) is 7.82. The summed E-state index contributed by atoms with van der Waals surface area (Å²) in [5.74, 6) is -2.53. The van der Waals surface area contributed by atoms with Crippen LogP contribution in [0.15, 0.2) is 12.1 Å². The number of hydrogen-bond donors (Lipinski definition) is 1. The molecule has 1 atom stereocenters. The van der Waals surface area contributed by atoms with Crippen molar-refractivity contribution < 1.29 is 24.0 Å². The van der Waals surface area contributed by atoms with Gasteiger partial charge in [-0.2, -0.15) is 0 Å². The fourth-order valence-corrected chi connectivity index (χ4v) is 1.17. The smallest absolute Gasteiger partial charge is 0.344 e. The van der Waals surface area contributed by atoms with E-state index in [1.807, 2.05) is 0 Å². The quantitative estimate of drug-likeness (QED) is 0.644. The summed E-state index contributed by atoms with van der Waals surface area (Å²) in [6.45, 7) is 2.65. The van der Waals surface area contributed by atoms with Gasteiger partial charge in [0.05, 0.1) is 11.0 Å². The van der Waals surface area contributed by atoms with Gasteiger partial charge in [-0.05, 0) is 19.9 Å². The second-order valence-corrected chi connectivity index (χ2v) is 3.42. The van der Waals surface area contributed by atoms with Crippen LogP contribution >= 0.6 is 0 Å². The van der Waals surface area contributed by atoms with Crippen molar-refractivity contribution in [3.8, 4) is 5.75 Å². The van der Waals surface area contributed by atoms with Crippen LogP contribution in [0.4, 0.5) is 10.1 Å². The Morgan fingerprint density at radius 3 is 2.65 bits per heavy atom. The Hall–Kier alpha value is -2.18. The highest BCUT2D eigenvalue weighted by Gasteiger charge is 2.19. The van der Waals surface area contributed by atoms with Gasteiger partial charge in [0.2, 0.25) is 0 Å². The van der Waals surface area contributed by atoms with Crippen LogP contribution in [0.3, 0.4) is 0 Å². The Morgan fingerprint density at radius 2 is 2.18 bits per heavy atom. The lowest BCUT2D eigenvalue weighted by Crippen LogP contribution is -2.23. The maximum atomic E-state index is 13.4. The Labute approximate surface area is 95.8 Å². The average Bonchev–Trinajstić information content (AvgIpc) is 2.22. The second kappa shape index (κ2) is 4.77. The van der Waals surface area contributed by atoms with Crippen LogP contribution in [-0.4, -0.2) is 22.1 Å². The molecule has 92 valence electrons. The number of aryl methyl sites for hydroxylation is 1. The molecule has 1 aromatic carbocycles. The van der Waals surface area contributed by atoms with E-state index in [0.29, 0.717) is 6.07 Å². The van der Waals surface area contributed by atoms with E-state index in [1.54, 1.807) is 0 Å². The number of nitrogens with zero attached hydrogens (tertiary/aromatic N) is 1. The largest absolute Gasteiger partial charge is 0.479 e. The van der Waals surface area contributed by atoms with E-state index in [0.717, 1.165) is 6.07 Å². The molecule has 1 aromatic rings.